The van der Waals surface area contributed by atoms with Crippen LogP contribution in [0.4, 0.5) is 10.5 Å². The van der Waals surface area contributed by atoms with E-state index in [1.165, 1.54) is 6.21 Å². The van der Waals surface area contributed by atoms with Crippen LogP contribution in [0.25, 0.3) is 0 Å². The Labute approximate surface area is 111 Å². The van der Waals surface area contributed by atoms with Crippen molar-refractivity contribution in [2.75, 3.05) is 24.6 Å². The zero-order valence-electron chi connectivity index (χ0n) is 10.7. The molecule has 0 radical (unpaired) electrons. The minimum atomic E-state index is -0.771. The fourth-order valence-corrected chi connectivity index (χ4v) is 1.59. The van der Waals surface area contributed by atoms with Gasteiger partial charge in [-0.1, -0.05) is 0 Å². The van der Waals surface area contributed by atoms with Crippen molar-refractivity contribution in [1.82, 2.24) is 5.43 Å². The van der Waals surface area contributed by atoms with Gasteiger partial charge in [0.25, 0.3) is 0 Å². The number of primary amides is 1. The highest BCUT2D eigenvalue weighted by Crippen LogP contribution is 2.23. The number of rotatable bonds is 6. The number of anilines is 1. The molecule has 1 rings (SSSR count). The van der Waals surface area contributed by atoms with Crippen LogP contribution in [0, 0.1) is 0 Å². The first-order valence-corrected chi connectivity index (χ1v) is 5.85. The summed E-state index contributed by atoms with van der Waals surface area (Å²) >= 11 is 0. The summed E-state index contributed by atoms with van der Waals surface area (Å²) in [4.78, 5) is 12.4. The monoisotopic (exact) mass is 266 g/mol. The number of carbonyl (C=O) groups is 1. The lowest BCUT2D eigenvalue weighted by Crippen LogP contribution is -2.26. The molecule has 1 aromatic carbocycles. The number of urea groups is 1. The van der Waals surface area contributed by atoms with Gasteiger partial charge in [0.1, 0.15) is 5.75 Å². The molecule has 0 aliphatic carbocycles. The first kappa shape index (κ1) is 14.8. The van der Waals surface area contributed by atoms with E-state index in [2.05, 4.69) is 5.10 Å². The summed E-state index contributed by atoms with van der Waals surface area (Å²) in [5.74, 6) is 0.0314. The number of amides is 2. The predicted octanol–water partition coefficient (Wildman–Crippen LogP) is 0.213. The Bertz CT molecular complexity index is 462. The third kappa shape index (κ3) is 4.47. The van der Waals surface area contributed by atoms with E-state index < -0.39 is 6.03 Å². The predicted molar refractivity (Wildman–Crippen MR) is 73.4 cm³/mol. The van der Waals surface area contributed by atoms with Gasteiger partial charge in [-0.3, -0.25) is 0 Å². The third-order valence-corrected chi connectivity index (χ3v) is 2.51. The number of aliphatic hydroxyl groups is 1. The second kappa shape index (κ2) is 7.22. The van der Waals surface area contributed by atoms with Crippen molar-refractivity contribution >= 4 is 17.9 Å². The number of nitrogens with zero attached hydrogens (tertiary/aromatic N) is 2. The van der Waals surface area contributed by atoms with Gasteiger partial charge >= 0.3 is 6.03 Å². The van der Waals surface area contributed by atoms with Gasteiger partial charge in [-0.2, -0.15) is 5.10 Å². The zero-order chi connectivity index (χ0) is 14.3. The summed E-state index contributed by atoms with van der Waals surface area (Å²) in [6.45, 7) is 3.21. The van der Waals surface area contributed by atoms with Crippen LogP contribution in [0.2, 0.25) is 0 Å². The lowest BCUT2D eigenvalue weighted by Gasteiger charge is -2.22. The number of aromatic hydroxyl groups is 1. The van der Waals surface area contributed by atoms with Crippen LogP contribution in [0.15, 0.2) is 23.3 Å². The number of phenols is 1. The molecule has 2 amide bonds. The number of likely N-dealkylation sites (N-methyl/N-ethyl adjacent to an activating group) is 1. The molecule has 0 aliphatic heterocycles. The Morgan fingerprint density at radius 2 is 2.32 bits per heavy atom. The number of hydrazone groups is 1. The van der Waals surface area contributed by atoms with Crippen LogP contribution < -0.4 is 16.1 Å². The van der Waals surface area contributed by atoms with Crippen molar-refractivity contribution in [2.24, 2.45) is 10.8 Å². The van der Waals surface area contributed by atoms with Crippen LogP contribution in [0.3, 0.4) is 0 Å². The SMILES string of the molecule is CCN(CCO)c1ccc(C=NNC(N)=O)c(O)c1. The quantitative estimate of drug-likeness (QED) is 0.435. The van der Waals surface area contributed by atoms with Gasteiger partial charge in [0.15, 0.2) is 0 Å². The van der Waals surface area contributed by atoms with Crippen molar-refractivity contribution in [3.05, 3.63) is 23.8 Å². The minimum Gasteiger partial charge on any atom is -0.507 e. The molecule has 0 atom stereocenters. The molecule has 0 fully saturated rings. The molecule has 0 saturated heterocycles. The van der Waals surface area contributed by atoms with Crippen LogP contribution >= 0.6 is 0 Å². The number of phenolic OH excluding ortho intramolecular Hbond substituents is 1. The maximum atomic E-state index is 10.4. The highest BCUT2D eigenvalue weighted by molar-refractivity contribution is 5.85. The largest absolute Gasteiger partial charge is 0.507 e. The van der Waals surface area contributed by atoms with E-state index >= 15 is 0 Å². The summed E-state index contributed by atoms with van der Waals surface area (Å²) in [7, 11) is 0. The van der Waals surface area contributed by atoms with Crippen LogP contribution in [0.1, 0.15) is 12.5 Å². The number of hydrogen-bond acceptors (Lipinski definition) is 5. The average Bonchev–Trinajstić information content (AvgIpc) is 2.37. The molecule has 1 aromatic rings. The molecular formula is C12H18N4O3. The molecular weight excluding hydrogens is 248 g/mol. The molecule has 0 spiro atoms. The second-order valence-electron chi connectivity index (χ2n) is 3.78. The Kier molecular flexibility index (Phi) is 5.62. The first-order chi connectivity index (χ1) is 9.08. The topological polar surface area (TPSA) is 111 Å². The van der Waals surface area contributed by atoms with Gasteiger partial charge in [0.2, 0.25) is 0 Å². The van der Waals surface area contributed by atoms with Crippen molar-refractivity contribution in [3.63, 3.8) is 0 Å². The van der Waals surface area contributed by atoms with Gasteiger partial charge in [-0.15, -0.1) is 0 Å². The van der Waals surface area contributed by atoms with Crippen LogP contribution in [0.5, 0.6) is 5.75 Å². The Morgan fingerprint density at radius 1 is 1.58 bits per heavy atom. The van der Waals surface area contributed by atoms with E-state index in [1.54, 1.807) is 18.2 Å². The minimum absolute atomic E-state index is 0.0314. The first-order valence-electron chi connectivity index (χ1n) is 5.85. The van der Waals surface area contributed by atoms with Gasteiger partial charge in [0.05, 0.1) is 12.8 Å². The van der Waals surface area contributed by atoms with Gasteiger partial charge < -0.3 is 20.8 Å². The Morgan fingerprint density at radius 3 is 2.84 bits per heavy atom. The van der Waals surface area contributed by atoms with Gasteiger partial charge in [0, 0.05) is 30.4 Å². The van der Waals surface area contributed by atoms with E-state index in [-0.39, 0.29) is 12.4 Å². The fourth-order valence-electron chi connectivity index (χ4n) is 1.59. The molecule has 19 heavy (non-hydrogen) atoms. The normalized spacial score (nSPS) is 10.6. The smallest absolute Gasteiger partial charge is 0.332 e. The van der Waals surface area contributed by atoms with E-state index in [9.17, 15) is 9.90 Å². The van der Waals surface area contributed by atoms with E-state index in [1.807, 2.05) is 17.2 Å². The summed E-state index contributed by atoms with van der Waals surface area (Å²) in [6, 6.07) is 4.26. The summed E-state index contributed by atoms with van der Waals surface area (Å²) in [6.07, 6.45) is 1.30. The second-order valence-corrected chi connectivity index (χ2v) is 3.78. The van der Waals surface area contributed by atoms with Crippen molar-refractivity contribution in [1.29, 1.82) is 0 Å². The molecule has 7 nitrogen and oxygen atoms in total. The molecule has 0 aromatic heterocycles. The Balaban J connectivity index is 2.84. The maximum absolute atomic E-state index is 10.4. The highest BCUT2D eigenvalue weighted by atomic mass is 16.3. The maximum Gasteiger partial charge on any atom is 0.332 e. The molecule has 7 heteroatoms. The van der Waals surface area contributed by atoms with Crippen molar-refractivity contribution < 1.29 is 15.0 Å². The van der Waals surface area contributed by atoms with E-state index in [0.29, 0.717) is 12.1 Å². The highest BCUT2D eigenvalue weighted by Gasteiger charge is 2.06. The van der Waals surface area contributed by atoms with Crippen LogP contribution in [-0.2, 0) is 0 Å². The van der Waals surface area contributed by atoms with E-state index in [4.69, 9.17) is 10.8 Å². The third-order valence-electron chi connectivity index (χ3n) is 2.51. The summed E-state index contributed by atoms with van der Waals surface area (Å²) in [5, 5.41) is 22.4. The Hall–Kier alpha value is -2.28. The number of carbonyl (C=O) groups excluding carboxylic acids is 1. The number of nitrogens with one attached hydrogen (secondary N) is 1. The average molecular weight is 266 g/mol. The number of aliphatic hydroxyl groups excluding tert-OH is 1. The van der Waals surface area contributed by atoms with Crippen LogP contribution in [-0.4, -0.2) is 42.2 Å². The van der Waals surface area contributed by atoms with Crippen molar-refractivity contribution in [3.8, 4) is 5.75 Å². The number of benzene rings is 1. The van der Waals surface area contributed by atoms with E-state index in [0.717, 1.165) is 12.2 Å². The summed E-state index contributed by atoms with van der Waals surface area (Å²) in [5.41, 5.74) is 8.15. The zero-order valence-corrected chi connectivity index (χ0v) is 10.7. The van der Waals surface area contributed by atoms with Gasteiger partial charge in [-0.05, 0) is 19.1 Å². The molecule has 0 aliphatic rings. The lowest BCUT2D eigenvalue weighted by molar-refractivity contribution is 0.249. The standard InChI is InChI=1S/C12H18N4O3/c1-2-16(5-6-17)10-4-3-9(11(18)7-10)8-14-15-12(13)19/h3-4,7-8,17-18H,2,5-6H2,1H3,(H3,13,15,19). The molecule has 5 N–H and O–H groups in total. The number of hydrogen-bond donors (Lipinski definition) is 4. The lowest BCUT2D eigenvalue weighted by atomic mass is 10.2. The molecule has 104 valence electrons. The summed E-state index contributed by atoms with van der Waals surface area (Å²) < 4.78 is 0. The molecule has 0 heterocycles. The van der Waals surface area contributed by atoms with Crippen molar-refractivity contribution in [2.45, 2.75) is 6.92 Å². The molecule has 0 unspecified atom stereocenters. The molecule has 0 saturated carbocycles. The molecule has 0 bridgehead atoms. The number of nitrogens with two attached hydrogens (primary N) is 1. The van der Waals surface area contributed by atoms with Gasteiger partial charge in [-0.25, -0.2) is 10.2 Å². The fraction of sp³-hybridized carbons (Fsp3) is 0.333.